The monoisotopic (exact) mass is 324 g/mol. The van der Waals surface area contributed by atoms with Crippen molar-refractivity contribution in [3.05, 3.63) is 57.8 Å². The average Bonchev–Trinajstić information content (AvgIpc) is 2.54. The van der Waals surface area contributed by atoms with Crippen molar-refractivity contribution in [1.82, 2.24) is 0 Å². The fourth-order valence-electron chi connectivity index (χ4n) is 1.49. The number of allylic oxidation sites excluding steroid dienone is 9. The van der Waals surface area contributed by atoms with Crippen molar-refractivity contribution in [3.8, 4) is 0 Å². The second kappa shape index (κ2) is 5.34. The molecule has 0 bridgehead atoms. The highest BCUT2D eigenvalue weighted by molar-refractivity contribution is 14.2. The first kappa shape index (κ1) is 11.5. The standard InChI is InChI=1S/C14H13IO/c1-11-3-2-4-12(6-5-11)14(16)13-7-9-15-10-8-13/h2-11H,1H3. The molecular formula is C14H13IO. The van der Waals surface area contributed by atoms with E-state index in [2.05, 4.69) is 27.2 Å². The van der Waals surface area contributed by atoms with Crippen molar-refractivity contribution in [2.24, 2.45) is 5.92 Å². The van der Waals surface area contributed by atoms with Gasteiger partial charge in [0.15, 0.2) is 5.78 Å². The first-order valence-electron chi connectivity index (χ1n) is 5.21. The molecule has 0 fully saturated rings. The Bertz CT molecular complexity index is 473. The van der Waals surface area contributed by atoms with Crippen LogP contribution in [0.25, 0.3) is 0 Å². The number of hydrogen-bond acceptors (Lipinski definition) is 1. The van der Waals surface area contributed by atoms with E-state index in [0.717, 1.165) is 11.1 Å². The van der Waals surface area contributed by atoms with E-state index in [0.29, 0.717) is 5.92 Å². The molecule has 1 aliphatic heterocycles. The molecule has 0 radical (unpaired) electrons. The maximum atomic E-state index is 12.1. The van der Waals surface area contributed by atoms with Gasteiger partial charge in [0.1, 0.15) is 0 Å². The third-order valence-electron chi connectivity index (χ3n) is 2.42. The molecule has 0 aromatic rings. The van der Waals surface area contributed by atoms with Gasteiger partial charge in [0.2, 0.25) is 0 Å². The zero-order valence-corrected chi connectivity index (χ0v) is 11.2. The summed E-state index contributed by atoms with van der Waals surface area (Å²) in [7, 11) is 0. The SMILES string of the molecule is CC1C=CC=C(C(=O)C2=CC=IC=C2)C=C1. The van der Waals surface area contributed by atoms with Gasteiger partial charge in [-0.2, -0.15) is 0 Å². The first-order chi connectivity index (χ1) is 7.77. The van der Waals surface area contributed by atoms with Gasteiger partial charge in [0.25, 0.3) is 0 Å². The lowest BCUT2D eigenvalue weighted by Crippen LogP contribution is -2.03. The molecule has 1 aliphatic carbocycles. The van der Waals surface area contributed by atoms with Crippen LogP contribution in [0.3, 0.4) is 0 Å². The second-order valence-electron chi connectivity index (χ2n) is 3.72. The predicted octanol–water partition coefficient (Wildman–Crippen LogP) is 3.47. The van der Waals surface area contributed by atoms with E-state index in [-0.39, 0.29) is 26.5 Å². The van der Waals surface area contributed by atoms with Crippen LogP contribution in [0.2, 0.25) is 0 Å². The fraction of sp³-hybridized carbons (Fsp3) is 0.143. The van der Waals surface area contributed by atoms with Gasteiger partial charge in [-0.25, -0.2) is 0 Å². The highest BCUT2D eigenvalue weighted by Crippen LogP contribution is 2.17. The molecular weight excluding hydrogens is 311 g/mol. The van der Waals surface area contributed by atoms with Crippen LogP contribution in [0.5, 0.6) is 0 Å². The summed E-state index contributed by atoms with van der Waals surface area (Å²) >= 11 is 0.0450. The van der Waals surface area contributed by atoms with Gasteiger partial charge in [0, 0.05) is 11.1 Å². The van der Waals surface area contributed by atoms with Crippen LogP contribution in [0, 0.1) is 5.92 Å². The predicted molar refractivity (Wildman–Crippen MR) is 77.8 cm³/mol. The molecule has 2 rings (SSSR count). The molecule has 0 saturated heterocycles. The van der Waals surface area contributed by atoms with Gasteiger partial charge >= 0.3 is 0 Å². The summed E-state index contributed by atoms with van der Waals surface area (Å²) in [5, 5.41) is 0. The van der Waals surface area contributed by atoms with Crippen molar-refractivity contribution < 1.29 is 4.79 Å². The number of Topliss-reactive ketones (excluding diaryl/α,β-unsaturated/α-hetero) is 1. The van der Waals surface area contributed by atoms with E-state index in [4.69, 9.17) is 0 Å². The lowest BCUT2D eigenvalue weighted by atomic mass is 10.0. The van der Waals surface area contributed by atoms with Crippen LogP contribution in [-0.4, -0.2) is 9.79 Å². The zero-order chi connectivity index (χ0) is 11.4. The largest absolute Gasteiger partial charge is 0.289 e. The molecule has 2 heteroatoms. The maximum Gasteiger partial charge on any atom is 0.193 e. The maximum absolute atomic E-state index is 12.1. The number of carbonyl (C=O) groups excluding carboxylic acids is 1. The highest BCUT2D eigenvalue weighted by Gasteiger charge is 2.11. The van der Waals surface area contributed by atoms with Gasteiger partial charge in [-0.15, -0.1) is 0 Å². The summed E-state index contributed by atoms with van der Waals surface area (Å²) in [4.78, 5) is 12.1. The van der Waals surface area contributed by atoms with Crippen molar-refractivity contribution in [2.45, 2.75) is 6.92 Å². The molecule has 1 nitrogen and oxygen atoms in total. The molecule has 0 aromatic heterocycles. The van der Waals surface area contributed by atoms with Crippen LogP contribution >= 0.6 is 20.7 Å². The normalized spacial score (nSPS) is 23.2. The molecule has 2 aliphatic rings. The Kier molecular flexibility index (Phi) is 3.83. The summed E-state index contributed by atoms with van der Waals surface area (Å²) in [6, 6.07) is 0. The lowest BCUT2D eigenvalue weighted by Gasteiger charge is -2.03. The third kappa shape index (κ3) is 2.76. The Morgan fingerprint density at radius 3 is 2.75 bits per heavy atom. The summed E-state index contributed by atoms with van der Waals surface area (Å²) in [5.74, 6) is 0.515. The Labute approximate surface area is 106 Å². The molecule has 16 heavy (non-hydrogen) atoms. The summed E-state index contributed by atoms with van der Waals surface area (Å²) in [6.07, 6.45) is 13.8. The van der Waals surface area contributed by atoms with E-state index in [1.54, 1.807) is 0 Å². The van der Waals surface area contributed by atoms with Gasteiger partial charge < -0.3 is 0 Å². The summed E-state index contributed by atoms with van der Waals surface area (Å²) in [5.41, 5.74) is 1.56. The third-order valence-corrected chi connectivity index (χ3v) is 3.97. The molecule has 0 aromatic carbocycles. The minimum Gasteiger partial charge on any atom is -0.289 e. The number of carbonyl (C=O) groups is 1. The van der Waals surface area contributed by atoms with Crippen LogP contribution in [-0.2, 0) is 4.79 Å². The zero-order valence-electron chi connectivity index (χ0n) is 9.06. The number of rotatable bonds is 2. The Morgan fingerprint density at radius 2 is 2.00 bits per heavy atom. The first-order valence-corrected chi connectivity index (χ1v) is 7.70. The van der Waals surface area contributed by atoms with Crippen molar-refractivity contribution >= 4 is 30.5 Å². The van der Waals surface area contributed by atoms with Gasteiger partial charge in [0.05, 0.1) is 0 Å². The Balaban J connectivity index is 2.23. The number of ketones is 1. The Morgan fingerprint density at radius 1 is 1.19 bits per heavy atom. The second-order valence-corrected chi connectivity index (χ2v) is 5.88. The van der Waals surface area contributed by atoms with Crippen LogP contribution in [0.15, 0.2) is 57.8 Å². The van der Waals surface area contributed by atoms with E-state index in [1.807, 2.05) is 30.4 Å². The average molecular weight is 324 g/mol. The molecule has 82 valence electrons. The molecule has 0 N–H and O–H groups in total. The smallest absolute Gasteiger partial charge is 0.193 e. The number of halogens is 1. The van der Waals surface area contributed by atoms with Crippen LogP contribution < -0.4 is 0 Å². The Hall–Kier alpha value is -1.03. The molecule has 1 heterocycles. The lowest BCUT2D eigenvalue weighted by molar-refractivity contribution is -0.111. The molecule has 1 unspecified atom stereocenters. The number of hydrogen-bond donors (Lipinski definition) is 0. The van der Waals surface area contributed by atoms with E-state index in [9.17, 15) is 4.79 Å². The topological polar surface area (TPSA) is 17.1 Å². The highest BCUT2D eigenvalue weighted by atomic mass is 127. The van der Waals surface area contributed by atoms with Crippen molar-refractivity contribution in [3.63, 3.8) is 0 Å². The molecule has 0 spiro atoms. The van der Waals surface area contributed by atoms with Crippen LogP contribution in [0.1, 0.15) is 6.92 Å². The summed E-state index contributed by atoms with van der Waals surface area (Å²) < 4.78 is 4.23. The fourth-order valence-corrected chi connectivity index (χ4v) is 2.91. The van der Waals surface area contributed by atoms with Gasteiger partial charge in [-0.05, 0) is 26.2 Å². The molecule has 0 saturated carbocycles. The minimum absolute atomic E-state index is 0.0450. The van der Waals surface area contributed by atoms with Crippen LogP contribution in [0.4, 0.5) is 0 Å². The van der Waals surface area contributed by atoms with Crippen molar-refractivity contribution in [1.29, 1.82) is 0 Å². The van der Waals surface area contributed by atoms with E-state index >= 15 is 0 Å². The van der Waals surface area contributed by atoms with E-state index < -0.39 is 0 Å². The van der Waals surface area contributed by atoms with Crippen molar-refractivity contribution in [2.75, 3.05) is 0 Å². The molecule has 0 amide bonds. The molecule has 1 atom stereocenters. The van der Waals surface area contributed by atoms with E-state index in [1.165, 1.54) is 0 Å². The summed E-state index contributed by atoms with van der Waals surface area (Å²) in [6.45, 7) is 2.10. The van der Waals surface area contributed by atoms with Gasteiger partial charge in [-0.1, -0.05) is 58.0 Å². The van der Waals surface area contributed by atoms with Gasteiger partial charge in [-0.3, -0.25) is 4.79 Å². The minimum atomic E-state index is 0.0450. The quantitative estimate of drug-likeness (QED) is 0.711.